The Morgan fingerprint density at radius 3 is 2.50 bits per heavy atom. The molecule has 0 aromatic heterocycles. The number of esters is 1. The Kier molecular flexibility index (Phi) is 5.78. The van der Waals surface area contributed by atoms with Crippen LogP contribution in [0, 0.1) is 5.92 Å². The minimum atomic E-state index is -0.493. The van der Waals surface area contributed by atoms with Gasteiger partial charge in [-0.05, 0) is 31.0 Å². The first-order chi connectivity index (χ1) is 14.5. The molecular weight excluding hydrogens is 398 g/mol. The number of hydrogen-bond acceptors (Lipinski definition) is 4. The fourth-order valence-electron chi connectivity index (χ4n) is 4.53. The van der Waals surface area contributed by atoms with Crippen LogP contribution in [0.4, 0.5) is 0 Å². The van der Waals surface area contributed by atoms with E-state index in [2.05, 4.69) is 11.4 Å². The highest BCUT2D eigenvalue weighted by Crippen LogP contribution is 2.47. The first-order valence-corrected chi connectivity index (χ1v) is 10.6. The number of Topliss-reactive ketones (excluding diaryl/α,β-unsaturated/α-hetero) is 1. The Morgan fingerprint density at radius 2 is 1.80 bits per heavy atom. The van der Waals surface area contributed by atoms with Crippen LogP contribution in [-0.4, -0.2) is 18.4 Å². The van der Waals surface area contributed by atoms with Crippen LogP contribution in [0.3, 0.4) is 0 Å². The monoisotopic (exact) mass is 421 g/mol. The quantitative estimate of drug-likeness (QED) is 0.696. The maximum Gasteiger partial charge on any atom is 0.336 e. The molecule has 2 aromatic carbocycles. The average Bonchev–Trinajstić information content (AvgIpc) is 2.74. The third kappa shape index (κ3) is 3.68. The molecule has 0 amide bonds. The summed E-state index contributed by atoms with van der Waals surface area (Å²) in [7, 11) is 0. The van der Waals surface area contributed by atoms with Gasteiger partial charge >= 0.3 is 5.97 Å². The van der Waals surface area contributed by atoms with Crippen molar-refractivity contribution in [1.82, 2.24) is 5.32 Å². The van der Waals surface area contributed by atoms with Crippen LogP contribution >= 0.6 is 11.6 Å². The van der Waals surface area contributed by atoms with Crippen molar-refractivity contribution in [3.8, 4) is 0 Å². The van der Waals surface area contributed by atoms with Gasteiger partial charge in [0.25, 0.3) is 0 Å². The molecule has 0 saturated carbocycles. The van der Waals surface area contributed by atoms with Crippen molar-refractivity contribution >= 4 is 23.4 Å². The van der Waals surface area contributed by atoms with Gasteiger partial charge in [0.15, 0.2) is 0 Å². The average molecular weight is 422 g/mol. The summed E-state index contributed by atoms with van der Waals surface area (Å²) in [6, 6.07) is 17.4. The molecule has 154 valence electrons. The molecule has 4 nitrogen and oxygen atoms in total. The first-order valence-electron chi connectivity index (χ1n) is 10.2. The number of hydrogen-bond donors (Lipinski definition) is 1. The topological polar surface area (TPSA) is 55.4 Å². The smallest absolute Gasteiger partial charge is 0.336 e. The summed E-state index contributed by atoms with van der Waals surface area (Å²) in [5.41, 5.74) is 3.87. The van der Waals surface area contributed by atoms with Crippen molar-refractivity contribution in [2.24, 2.45) is 5.92 Å². The number of benzene rings is 2. The van der Waals surface area contributed by atoms with Gasteiger partial charge in [-0.1, -0.05) is 66.2 Å². The van der Waals surface area contributed by atoms with Crippen LogP contribution in [0.5, 0.6) is 0 Å². The van der Waals surface area contributed by atoms with E-state index in [0.717, 1.165) is 16.8 Å². The lowest BCUT2D eigenvalue weighted by Gasteiger charge is -2.39. The van der Waals surface area contributed by atoms with Crippen LogP contribution in [0.15, 0.2) is 77.6 Å². The highest BCUT2D eigenvalue weighted by molar-refractivity contribution is 6.31. The van der Waals surface area contributed by atoms with Gasteiger partial charge in [-0.25, -0.2) is 4.79 Å². The van der Waals surface area contributed by atoms with Gasteiger partial charge in [0.2, 0.25) is 0 Å². The van der Waals surface area contributed by atoms with Crippen LogP contribution in [0.2, 0.25) is 5.02 Å². The minimum Gasteiger partial charge on any atom is -0.463 e. The number of carbonyl (C=O) groups is 2. The van der Waals surface area contributed by atoms with Crippen LogP contribution < -0.4 is 5.32 Å². The molecule has 1 N–H and O–H groups in total. The number of fused-ring (bicyclic) bond motifs is 1. The van der Waals surface area contributed by atoms with Gasteiger partial charge in [-0.2, -0.15) is 0 Å². The molecule has 30 heavy (non-hydrogen) atoms. The summed E-state index contributed by atoms with van der Waals surface area (Å²) in [5.74, 6) is -1.29. The Hall–Kier alpha value is -2.85. The van der Waals surface area contributed by atoms with Crippen molar-refractivity contribution in [1.29, 1.82) is 0 Å². The van der Waals surface area contributed by atoms with Crippen LogP contribution in [0.1, 0.15) is 43.2 Å². The fourth-order valence-corrected chi connectivity index (χ4v) is 4.78. The highest BCUT2D eigenvalue weighted by atomic mass is 35.5. The number of ether oxygens (including phenoxy) is 1. The highest BCUT2D eigenvalue weighted by Gasteiger charge is 2.45. The molecule has 3 unspecified atom stereocenters. The number of halogens is 1. The molecule has 2 aliphatic rings. The summed E-state index contributed by atoms with van der Waals surface area (Å²) in [5, 5.41) is 3.87. The third-order valence-corrected chi connectivity index (χ3v) is 6.17. The Morgan fingerprint density at radius 1 is 1.10 bits per heavy atom. The molecule has 1 aliphatic carbocycles. The number of ketones is 1. The lowest BCUT2D eigenvalue weighted by Crippen LogP contribution is -2.42. The van der Waals surface area contributed by atoms with Gasteiger partial charge in [-0.3, -0.25) is 4.79 Å². The number of nitrogens with one attached hydrogen (secondary N) is 1. The maximum atomic E-state index is 13.4. The second-order valence-corrected chi connectivity index (χ2v) is 8.08. The normalized spacial score (nSPS) is 23.4. The Labute approximate surface area is 181 Å². The largest absolute Gasteiger partial charge is 0.463 e. The fraction of sp³-hybridized carbons (Fsp3) is 0.280. The SMILES string of the molecule is CCOC(=O)C1=C(C)NC2=CC(c3ccccc3)CC(=O)C2C1c1ccccc1Cl. The van der Waals surface area contributed by atoms with E-state index in [1.807, 2.05) is 55.5 Å². The Bertz CT molecular complexity index is 1040. The van der Waals surface area contributed by atoms with E-state index in [4.69, 9.17) is 16.3 Å². The molecule has 0 spiro atoms. The molecule has 0 saturated heterocycles. The van der Waals surface area contributed by atoms with Crippen molar-refractivity contribution in [3.05, 3.63) is 93.8 Å². The van der Waals surface area contributed by atoms with Crippen LogP contribution in [-0.2, 0) is 14.3 Å². The summed E-state index contributed by atoms with van der Waals surface area (Å²) < 4.78 is 5.34. The maximum absolute atomic E-state index is 13.4. The van der Waals surface area contributed by atoms with E-state index in [-0.39, 0.29) is 18.3 Å². The van der Waals surface area contributed by atoms with Gasteiger partial charge in [0.05, 0.1) is 18.1 Å². The summed E-state index contributed by atoms with van der Waals surface area (Å²) in [6.07, 6.45) is 2.51. The first kappa shape index (κ1) is 20.4. The summed E-state index contributed by atoms with van der Waals surface area (Å²) >= 11 is 6.53. The van der Waals surface area contributed by atoms with E-state index in [0.29, 0.717) is 22.7 Å². The molecule has 1 heterocycles. The lowest BCUT2D eigenvalue weighted by molar-refractivity contribution is -0.139. The van der Waals surface area contributed by atoms with E-state index < -0.39 is 17.8 Å². The van der Waals surface area contributed by atoms with Gasteiger partial charge in [0.1, 0.15) is 5.78 Å². The molecule has 5 heteroatoms. The Balaban J connectivity index is 1.85. The van der Waals surface area contributed by atoms with E-state index >= 15 is 0 Å². The minimum absolute atomic E-state index is 0.00119. The second-order valence-electron chi connectivity index (χ2n) is 7.67. The van der Waals surface area contributed by atoms with Crippen molar-refractivity contribution in [3.63, 3.8) is 0 Å². The molecule has 2 aromatic rings. The van der Waals surface area contributed by atoms with Crippen molar-refractivity contribution in [2.75, 3.05) is 6.61 Å². The predicted octanol–water partition coefficient (Wildman–Crippen LogP) is 5.12. The van der Waals surface area contributed by atoms with Gasteiger partial charge < -0.3 is 10.1 Å². The van der Waals surface area contributed by atoms with Crippen molar-refractivity contribution in [2.45, 2.75) is 32.1 Å². The van der Waals surface area contributed by atoms with Crippen molar-refractivity contribution < 1.29 is 14.3 Å². The molecule has 0 fully saturated rings. The van der Waals surface area contributed by atoms with E-state index in [1.54, 1.807) is 13.0 Å². The lowest BCUT2D eigenvalue weighted by atomic mass is 9.68. The molecule has 3 atom stereocenters. The zero-order valence-electron chi connectivity index (χ0n) is 17.0. The van der Waals surface area contributed by atoms with Gasteiger partial charge in [0, 0.05) is 34.7 Å². The predicted molar refractivity (Wildman–Crippen MR) is 117 cm³/mol. The molecule has 0 bridgehead atoms. The third-order valence-electron chi connectivity index (χ3n) is 5.83. The zero-order chi connectivity index (χ0) is 21.3. The standard InChI is InChI=1S/C25H24ClNO3/c1-3-30-25(29)22-15(2)27-20-13-17(16-9-5-4-6-10-16)14-21(28)24(20)23(22)18-11-7-8-12-19(18)26/h4-13,17,23-24,27H,3,14H2,1-2H3. The number of allylic oxidation sites excluding steroid dienone is 3. The second kappa shape index (κ2) is 8.49. The molecule has 0 radical (unpaired) electrons. The van der Waals surface area contributed by atoms with Gasteiger partial charge in [-0.15, -0.1) is 0 Å². The number of carbonyl (C=O) groups excluding carboxylic acids is 2. The zero-order valence-corrected chi connectivity index (χ0v) is 17.8. The summed E-state index contributed by atoms with van der Waals surface area (Å²) in [6.45, 7) is 3.89. The molecule has 4 rings (SSSR count). The van der Waals surface area contributed by atoms with E-state index in [1.165, 1.54) is 0 Å². The summed E-state index contributed by atoms with van der Waals surface area (Å²) in [4.78, 5) is 26.3. The number of rotatable bonds is 4. The molecule has 1 aliphatic heterocycles. The van der Waals surface area contributed by atoms with Crippen LogP contribution in [0.25, 0.3) is 0 Å². The molecular formula is C25H24ClNO3. The van der Waals surface area contributed by atoms with E-state index in [9.17, 15) is 9.59 Å².